The Labute approximate surface area is 77.6 Å². The van der Waals surface area contributed by atoms with Crippen LogP contribution in [0.5, 0.6) is 0 Å². The molecular formula is C9H21NOS. The highest BCUT2D eigenvalue weighted by Gasteiger charge is 2.30. The van der Waals surface area contributed by atoms with E-state index < -0.39 is 10.5 Å². The zero-order valence-corrected chi connectivity index (χ0v) is 9.40. The van der Waals surface area contributed by atoms with Crippen LogP contribution in [-0.2, 0) is 0 Å². The Morgan fingerprint density at radius 2 is 2.00 bits per heavy atom. The van der Waals surface area contributed by atoms with Gasteiger partial charge < -0.3 is 4.55 Å². The van der Waals surface area contributed by atoms with Gasteiger partial charge in [-0.15, -0.1) is 0 Å². The maximum Gasteiger partial charge on any atom is 0.0125 e. The van der Waals surface area contributed by atoms with Crippen LogP contribution < -0.4 is 0 Å². The van der Waals surface area contributed by atoms with Gasteiger partial charge in [0.15, 0.2) is 0 Å². The molecule has 1 saturated heterocycles. The standard InChI is InChI=1S/C9H21NOS/c1-8(2)9-5-6-10(7-9)12(3,4)11/h8-9,11H,5-7H2,1-4H3. The summed E-state index contributed by atoms with van der Waals surface area (Å²) >= 11 is 0. The van der Waals surface area contributed by atoms with Crippen molar-refractivity contribution in [1.82, 2.24) is 4.31 Å². The normalized spacial score (nSPS) is 28.3. The zero-order valence-electron chi connectivity index (χ0n) is 8.58. The predicted molar refractivity (Wildman–Crippen MR) is 56.6 cm³/mol. The van der Waals surface area contributed by atoms with Crippen LogP contribution in [0.1, 0.15) is 20.3 Å². The first-order chi connectivity index (χ1) is 5.41. The number of hydrogen-bond acceptors (Lipinski definition) is 2. The summed E-state index contributed by atoms with van der Waals surface area (Å²) < 4.78 is 12.1. The van der Waals surface area contributed by atoms with E-state index in [0.29, 0.717) is 0 Å². The van der Waals surface area contributed by atoms with Crippen LogP contribution in [0.15, 0.2) is 0 Å². The summed E-state index contributed by atoms with van der Waals surface area (Å²) in [6.07, 6.45) is 5.17. The third kappa shape index (κ3) is 2.38. The summed E-state index contributed by atoms with van der Waals surface area (Å²) in [7, 11) is -1.44. The van der Waals surface area contributed by atoms with Gasteiger partial charge in [0.2, 0.25) is 0 Å². The second-order valence-corrected chi connectivity index (χ2v) is 7.36. The van der Waals surface area contributed by atoms with Crippen LogP contribution in [-0.4, -0.2) is 34.5 Å². The molecular weight excluding hydrogens is 170 g/mol. The highest BCUT2D eigenvalue weighted by atomic mass is 32.3. The SMILES string of the molecule is CC(C)C1CCN(S(C)(C)O)C1. The van der Waals surface area contributed by atoms with Gasteiger partial charge in [0, 0.05) is 13.1 Å². The molecule has 0 aromatic rings. The van der Waals surface area contributed by atoms with E-state index in [1.165, 1.54) is 6.42 Å². The molecule has 0 aliphatic carbocycles. The van der Waals surface area contributed by atoms with Gasteiger partial charge in [-0.3, -0.25) is 0 Å². The molecule has 0 amide bonds. The lowest BCUT2D eigenvalue weighted by Gasteiger charge is -2.35. The molecule has 0 aromatic heterocycles. The molecule has 1 heterocycles. The average Bonchev–Trinajstić information content (AvgIpc) is 2.30. The van der Waals surface area contributed by atoms with Gasteiger partial charge in [-0.2, -0.15) is 0 Å². The van der Waals surface area contributed by atoms with Crippen LogP contribution in [0, 0.1) is 11.8 Å². The van der Waals surface area contributed by atoms with Crippen LogP contribution >= 0.6 is 10.5 Å². The fourth-order valence-electron chi connectivity index (χ4n) is 1.70. The van der Waals surface area contributed by atoms with Crippen LogP contribution in [0.3, 0.4) is 0 Å². The summed E-state index contributed by atoms with van der Waals surface area (Å²) in [6.45, 7) is 6.72. The first kappa shape index (κ1) is 10.4. The molecule has 0 saturated carbocycles. The van der Waals surface area contributed by atoms with E-state index in [1.54, 1.807) is 0 Å². The van der Waals surface area contributed by atoms with Gasteiger partial charge in [0.25, 0.3) is 0 Å². The lowest BCUT2D eigenvalue weighted by atomic mass is 9.96. The summed E-state index contributed by atoms with van der Waals surface area (Å²) in [5, 5.41) is 0. The van der Waals surface area contributed by atoms with Crippen LogP contribution in [0.25, 0.3) is 0 Å². The van der Waals surface area contributed by atoms with Crippen molar-refractivity contribution in [2.45, 2.75) is 20.3 Å². The third-order valence-corrected chi connectivity index (χ3v) is 4.36. The molecule has 3 heteroatoms. The number of rotatable bonds is 2. The molecule has 2 nitrogen and oxygen atoms in total. The highest BCUT2D eigenvalue weighted by molar-refractivity contribution is 8.26. The molecule has 1 fully saturated rings. The maximum atomic E-state index is 9.83. The molecule has 1 atom stereocenters. The Morgan fingerprint density at radius 1 is 1.42 bits per heavy atom. The summed E-state index contributed by atoms with van der Waals surface area (Å²) in [5.41, 5.74) is 0. The molecule has 1 rings (SSSR count). The maximum absolute atomic E-state index is 9.83. The van der Waals surface area contributed by atoms with Gasteiger partial charge in [-0.05, 0) is 30.8 Å². The lowest BCUT2D eigenvalue weighted by Crippen LogP contribution is -2.24. The van der Waals surface area contributed by atoms with E-state index in [2.05, 4.69) is 18.2 Å². The first-order valence-corrected chi connectivity index (χ1v) is 6.98. The Hall–Kier alpha value is 0.270. The molecule has 0 radical (unpaired) electrons. The van der Waals surface area contributed by atoms with Gasteiger partial charge in [-0.25, -0.2) is 4.31 Å². The van der Waals surface area contributed by atoms with E-state index in [1.807, 2.05) is 12.5 Å². The van der Waals surface area contributed by atoms with Crippen molar-refractivity contribution in [3.63, 3.8) is 0 Å². The molecule has 0 aromatic carbocycles. The van der Waals surface area contributed by atoms with E-state index in [9.17, 15) is 4.55 Å². The quantitative estimate of drug-likeness (QED) is 0.724. The van der Waals surface area contributed by atoms with E-state index in [0.717, 1.165) is 24.9 Å². The molecule has 0 bridgehead atoms. The predicted octanol–water partition coefficient (Wildman–Crippen LogP) is 2.42. The van der Waals surface area contributed by atoms with Gasteiger partial charge in [0.05, 0.1) is 0 Å². The third-order valence-electron chi connectivity index (χ3n) is 2.76. The second kappa shape index (κ2) is 3.56. The number of nitrogens with zero attached hydrogens (tertiary/aromatic N) is 1. The Bertz CT molecular complexity index is 153. The molecule has 12 heavy (non-hydrogen) atoms. The average molecular weight is 191 g/mol. The van der Waals surface area contributed by atoms with Gasteiger partial charge in [-0.1, -0.05) is 24.3 Å². The fourth-order valence-corrected chi connectivity index (χ4v) is 2.81. The summed E-state index contributed by atoms with van der Waals surface area (Å²) in [5.74, 6) is 1.56. The Morgan fingerprint density at radius 3 is 2.25 bits per heavy atom. The van der Waals surface area contributed by atoms with E-state index in [-0.39, 0.29) is 0 Å². The Balaban J connectivity index is 2.46. The smallest absolute Gasteiger partial charge is 0.0125 e. The monoisotopic (exact) mass is 191 g/mol. The Kier molecular flexibility index (Phi) is 3.07. The summed E-state index contributed by atoms with van der Waals surface area (Å²) in [6, 6.07) is 0. The van der Waals surface area contributed by atoms with Crippen molar-refractivity contribution < 1.29 is 4.55 Å². The second-order valence-electron chi connectivity index (χ2n) is 4.40. The van der Waals surface area contributed by atoms with Crippen molar-refractivity contribution in [3.8, 4) is 0 Å². The first-order valence-electron chi connectivity index (χ1n) is 4.62. The minimum Gasteiger partial charge on any atom is -0.339 e. The van der Waals surface area contributed by atoms with Crippen LogP contribution in [0.2, 0.25) is 0 Å². The van der Waals surface area contributed by atoms with Crippen molar-refractivity contribution in [2.24, 2.45) is 11.8 Å². The molecule has 74 valence electrons. The zero-order chi connectivity index (χ0) is 9.35. The van der Waals surface area contributed by atoms with Crippen molar-refractivity contribution >= 4 is 10.5 Å². The minimum absolute atomic E-state index is 0.761. The highest BCUT2D eigenvalue weighted by Crippen LogP contribution is 2.43. The lowest BCUT2D eigenvalue weighted by molar-refractivity contribution is 0.390. The van der Waals surface area contributed by atoms with Crippen molar-refractivity contribution in [2.75, 3.05) is 25.6 Å². The molecule has 1 unspecified atom stereocenters. The molecule has 0 spiro atoms. The van der Waals surface area contributed by atoms with Crippen molar-refractivity contribution in [3.05, 3.63) is 0 Å². The fraction of sp³-hybridized carbons (Fsp3) is 1.00. The molecule has 1 aliphatic heterocycles. The van der Waals surface area contributed by atoms with E-state index >= 15 is 0 Å². The summed E-state index contributed by atoms with van der Waals surface area (Å²) in [4.78, 5) is 0. The largest absolute Gasteiger partial charge is 0.339 e. The van der Waals surface area contributed by atoms with Crippen molar-refractivity contribution in [1.29, 1.82) is 0 Å². The minimum atomic E-state index is -1.44. The van der Waals surface area contributed by atoms with Gasteiger partial charge in [0.1, 0.15) is 0 Å². The topological polar surface area (TPSA) is 23.5 Å². The molecule has 1 aliphatic rings. The number of hydrogen-bond donors (Lipinski definition) is 1. The van der Waals surface area contributed by atoms with E-state index in [4.69, 9.17) is 0 Å². The van der Waals surface area contributed by atoms with Crippen LogP contribution in [0.4, 0.5) is 0 Å². The van der Waals surface area contributed by atoms with Gasteiger partial charge >= 0.3 is 0 Å². The molecule has 1 N–H and O–H groups in total.